The lowest BCUT2D eigenvalue weighted by Gasteiger charge is -2.34. The smallest absolute Gasteiger partial charge is 0.251 e. The van der Waals surface area contributed by atoms with Gasteiger partial charge in [0.05, 0.1) is 24.4 Å². The molecule has 0 bridgehead atoms. The first-order chi connectivity index (χ1) is 38.5. The maximum Gasteiger partial charge on any atom is 0.251 e. The van der Waals surface area contributed by atoms with Crippen LogP contribution < -0.4 is 26.6 Å². The molecule has 15 atom stereocenters. The molecule has 3 heterocycles. The molecule has 444 valence electrons. The van der Waals surface area contributed by atoms with Crippen LogP contribution in [0.1, 0.15) is 87.4 Å². The van der Waals surface area contributed by atoms with Crippen LogP contribution in [0.4, 0.5) is 0 Å². The van der Waals surface area contributed by atoms with Crippen LogP contribution in [0.25, 0.3) is 22.3 Å². The van der Waals surface area contributed by atoms with Crippen molar-refractivity contribution in [3.05, 3.63) is 114 Å². The van der Waals surface area contributed by atoms with Crippen molar-refractivity contribution in [2.45, 2.75) is 151 Å². The van der Waals surface area contributed by atoms with Gasteiger partial charge in [0.25, 0.3) is 5.91 Å². The highest BCUT2D eigenvalue weighted by atomic mass is 16.3. The van der Waals surface area contributed by atoms with E-state index in [0.717, 1.165) is 77.3 Å². The van der Waals surface area contributed by atoms with Crippen molar-refractivity contribution >= 4 is 41.4 Å². The van der Waals surface area contributed by atoms with Crippen LogP contribution in [-0.2, 0) is 35.2 Å². The third-order valence-corrected chi connectivity index (χ3v) is 15.2. The summed E-state index contributed by atoms with van der Waals surface area (Å²) in [5, 5.41) is 111. The van der Waals surface area contributed by atoms with Crippen LogP contribution in [-0.4, -0.2) is 195 Å². The van der Waals surface area contributed by atoms with Crippen LogP contribution >= 0.6 is 0 Å². The van der Waals surface area contributed by atoms with E-state index < -0.39 is 152 Å². The third-order valence-electron chi connectivity index (χ3n) is 15.2. The average Bonchev–Trinajstić information content (AvgIpc) is 4.11. The molecular weight excluding hydrogens is 1070 g/mol. The summed E-state index contributed by atoms with van der Waals surface area (Å²) >= 11 is 0. The summed E-state index contributed by atoms with van der Waals surface area (Å²) in [6, 6.07) is 15.6. The molecule has 10 unspecified atom stereocenters. The number of aliphatic hydroxyl groups excluding tert-OH is 8. The largest absolute Gasteiger partial charge is 0.508 e. The molecule has 7 rings (SSSR count). The van der Waals surface area contributed by atoms with Crippen molar-refractivity contribution < 1.29 is 85.0 Å². The predicted octanol–water partition coefficient (Wildman–Crippen LogP) is -1.59. The molecule has 3 aliphatic heterocycles. The molecule has 7 amide bonds. The number of fused-ring (bicyclic) bond motifs is 2. The van der Waals surface area contributed by atoms with Gasteiger partial charge >= 0.3 is 0 Å². The van der Waals surface area contributed by atoms with Crippen molar-refractivity contribution in [1.82, 2.24) is 36.4 Å². The summed E-state index contributed by atoms with van der Waals surface area (Å²) in [5.74, 6) is -9.41. The van der Waals surface area contributed by atoms with Gasteiger partial charge in [0.1, 0.15) is 60.3 Å². The molecule has 0 saturated carbocycles. The number of nitrogens with zero attached hydrogens (tertiary/aromatic N) is 2. The van der Waals surface area contributed by atoms with Gasteiger partial charge in [-0.25, -0.2) is 0 Å². The normalized spacial score (nSPS) is 27.4. The third kappa shape index (κ3) is 15.0. The predicted molar refractivity (Wildman–Crippen MR) is 295 cm³/mol. The number of hydrogen-bond donors (Lipinski definition) is 14. The molecule has 16 N–H and O–H groups in total. The Morgan fingerprint density at radius 1 is 0.622 bits per heavy atom. The van der Waals surface area contributed by atoms with Crippen molar-refractivity contribution in [3.8, 4) is 28.0 Å². The molecule has 3 aliphatic rings. The molecule has 24 nitrogen and oxygen atoms in total. The summed E-state index contributed by atoms with van der Waals surface area (Å²) in [4.78, 5) is 102. The highest BCUT2D eigenvalue weighted by Gasteiger charge is 2.50. The highest BCUT2D eigenvalue weighted by Crippen LogP contribution is 2.29. The van der Waals surface area contributed by atoms with Gasteiger partial charge in [0.15, 0.2) is 6.23 Å². The van der Waals surface area contributed by atoms with Crippen LogP contribution in [0.2, 0.25) is 0 Å². The number of amides is 7. The van der Waals surface area contributed by atoms with E-state index in [0.29, 0.717) is 0 Å². The highest BCUT2D eigenvalue weighted by molar-refractivity contribution is 6.00. The fraction of sp³-hybridized carbons (Fsp3) is 0.466. The first kappa shape index (κ1) is 63.8. The minimum atomic E-state index is -2.29. The van der Waals surface area contributed by atoms with Gasteiger partial charge in [0, 0.05) is 37.4 Å². The number of unbranched alkanes of at least 4 members (excludes halogenated alkanes) is 2. The van der Waals surface area contributed by atoms with Crippen LogP contribution in [0, 0.1) is 5.92 Å². The Balaban J connectivity index is 0.0000108. The zero-order valence-electron chi connectivity index (χ0n) is 45.8. The number of aliphatic hydroxyl groups is 8. The van der Waals surface area contributed by atoms with E-state index in [1.807, 2.05) is 24.3 Å². The number of carbonyl (C=O) groups excluding carboxylic acids is 7. The number of phenols is 1. The van der Waals surface area contributed by atoms with E-state index in [1.54, 1.807) is 12.1 Å². The molecule has 4 aromatic carbocycles. The van der Waals surface area contributed by atoms with E-state index in [4.69, 9.17) is 0 Å². The fourth-order valence-electron chi connectivity index (χ4n) is 10.4. The fourth-order valence-corrected chi connectivity index (χ4v) is 10.4. The lowest BCUT2D eigenvalue weighted by Crippen LogP contribution is -2.64. The summed E-state index contributed by atoms with van der Waals surface area (Å²) in [6.45, 7) is 4.88. The maximum absolute atomic E-state index is 14.5. The minimum absolute atomic E-state index is 0. The lowest BCUT2D eigenvalue weighted by molar-refractivity contribution is -0.148. The van der Waals surface area contributed by atoms with Gasteiger partial charge in [0.2, 0.25) is 35.4 Å². The van der Waals surface area contributed by atoms with E-state index in [9.17, 15) is 79.5 Å². The Morgan fingerprint density at radius 2 is 1.13 bits per heavy atom. The number of carbonyl (C=O) groups is 7. The second-order valence-corrected chi connectivity index (χ2v) is 21.4. The lowest BCUT2D eigenvalue weighted by atomic mass is 9.96. The molecule has 4 aromatic rings. The maximum atomic E-state index is 14.5. The second-order valence-electron chi connectivity index (χ2n) is 21.4. The first-order valence-corrected chi connectivity index (χ1v) is 27.1. The second kappa shape index (κ2) is 28.1. The molecule has 0 aromatic heterocycles. The number of hydrogen-bond acceptors (Lipinski definition) is 16. The number of phenolic OH excluding ortho intramolecular Hbond substituents is 1. The summed E-state index contributed by atoms with van der Waals surface area (Å²) < 4.78 is 0. The zero-order valence-corrected chi connectivity index (χ0v) is 45.8. The Bertz CT molecular complexity index is 2860. The Kier molecular flexibility index (Phi) is 21.8. The monoisotopic (exact) mass is 1140 g/mol. The standard InChI is InChI=1S/C58H73N7O16.H2O/c1-5-6-7-8-32-9-11-33(12-10-32)34-13-15-35(16-14-34)36-17-19-38(20-18-36)51(74)59-41-26-43(70)54(77)63-56(79)47-48(71)29(2)27-65(47)58(81)45(31(4)67)61-55(78)46(50(73)49(72)37-21-23-39(68)24-22-37)62-53(76)42-25-40(69)28-64(42)57(80)44(30(3)66)60-52(41)75;/h9-24,29-31,40-50,54,66-73,77H,5-8,25-28H2,1-4H3,(H,59,74)(H,60,75)(H,61,78)(H,62,76)(H,63,79);1H2/t29?,30?,31?,40?,41?,42-,43?,44-,45-,46-,47-,48?,49?,50?,54?;/m0./s1. The van der Waals surface area contributed by atoms with Crippen molar-refractivity contribution in [2.24, 2.45) is 5.92 Å². The summed E-state index contributed by atoms with van der Waals surface area (Å²) in [5.41, 5.74) is 4.83. The molecule has 82 heavy (non-hydrogen) atoms. The van der Waals surface area contributed by atoms with E-state index >= 15 is 0 Å². The summed E-state index contributed by atoms with van der Waals surface area (Å²) in [6.07, 6.45) is -12.3. The van der Waals surface area contributed by atoms with Crippen LogP contribution in [0.5, 0.6) is 5.75 Å². The first-order valence-electron chi connectivity index (χ1n) is 27.1. The number of nitrogens with one attached hydrogen (secondary N) is 5. The number of benzene rings is 4. The molecular formula is C58H75N7O17. The molecule has 3 saturated heterocycles. The minimum Gasteiger partial charge on any atom is -0.508 e. The Labute approximate surface area is 473 Å². The van der Waals surface area contributed by atoms with Crippen molar-refractivity contribution in [1.29, 1.82) is 0 Å². The number of aryl methyl sites for hydroxylation is 1. The quantitative estimate of drug-likeness (QED) is 0.0672. The van der Waals surface area contributed by atoms with Gasteiger partial charge in [-0.05, 0) is 84.3 Å². The van der Waals surface area contributed by atoms with E-state index in [-0.39, 0.29) is 28.9 Å². The average molecular weight is 1140 g/mol. The summed E-state index contributed by atoms with van der Waals surface area (Å²) in [7, 11) is 0. The van der Waals surface area contributed by atoms with Gasteiger partial charge in [-0.2, -0.15) is 0 Å². The topological polar surface area (TPSA) is 400 Å². The van der Waals surface area contributed by atoms with Crippen LogP contribution in [0.15, 0.2) is 97.1 Å². The van der Waals surface area contributed by atoms with Crippen molar-refractivity contribution in [2.75, 3.05) is 13.1 Å². The number of rotatable bonds is 13. The molecule has 24 heteroatoms. The molecule has 0 spiro atoms. The molecule has 3 fully saturated rings. The van der Waals surface area contributed by atoms with Crippen LogP contribution in [0.3, 0.4) is 0 Å². The van der Waals surface area contributed by atoms with Crippen molar-refractivity contribution in [3.63, 3.8) is 0 Å². The molecule has 0 radical (unpaired) electrons. The zero-order chi connectivity index (χ0) is 59.0. The Morgan fingerprint density at radius 3 is 1.68 bits per heavy atom. The van der Waals surface area contributed by atoms with Gasteiger partial charge < -0.3 is 87.8 Å². The van der Waals surface area contributed by atoms with Gasteiger partial charge in [-0.3, -0.25) is 33.6 Å². The number of aromatic hydroxyl groups is 1. The molecule has 0 aliphatic carbocycles. The van der Waals surface area contributed by atoms with E-state index in [1.165, 1.54) is 43.2 Å². The van der Waals surface area contributed by atoms with Gasteiger partial charge in [-0.1, -0.05) is 99.5 Å². The Hall–Kier alpha value is -7.39. The van der Waals surface area contributed by atoms with Gasteiger partial charge in [-0.15, -0.1) is 0 Å². The van der Waals surface area contributed by atoms with E-state index in [2.05, 4.69) is 57.8 Å². The SMILES string of the molecule is CCCCCc1ccc(-c2ccc(-c3ccc(C(=O)NC4CC(O)C(O)NC(=O)[C@@H]5C(O)C(C)CN5C(=O)[C@H](C(C)O)NC(=O)[C@H](C(O)C(O)c5ccc(O)cc5)NC(=O)[C@@H]5CC(O)CN5C(=O)[C@H](C(C)O)NC4=O)cc3)cc2)cc1.O.